The number of aromatic nitrogens is 1. The minimum atomic E-state index is -0.809. The summed E-state index contributed by atoms with van der Waals surface area (Å²) in [4.78, 5) is 15.8. The van der Waals surface area contributed by atoms with Crippen LogP contribution in [0.15, 0.2) is 12.3 Å². The summed E-state index contributed by atoms with van der Waals surface area (Å²) in [5.41, 5.74) is -0.469. The lowest BCUT2D eigenvalue weighted by Gasteiger charge is -2.35. The molecule has 6 heteroatoms. The third kappa shape index (κ3) is 3.84. The van der Waals surface area contributed by atoms with Crippen LogP contribution < -0.4 is 5.32 Å². The van der Waals surface area contributed by atoms with E-state index in [0.29, 0.717) is 17.9 Å². The van der Waals surface area contributed by atoms with Crippen LogP contribution in [0, 0.1) is 5.92 Å². The second-order valence-corrected chi connectivity index (χ2v) is 6.37. The van der Waals surface area contributed by atoms with E-state index in [-0.39, 0.29) is 22.6 Å². The van der Waals surface area contributed by atoms with Crippen LogP contribution in [0.5, 0.6) is 0 Å². The molecule has 0 radical (unpaired) electrons. The number of halogens is 2. The van der Waals surface area contributed by atoms with Crippen molar-refractivity contribution < 1.29 is 9.90 Å². The number of hydrogen-bond donors (Lipinski definition) is 2. The molecule has 0 saturated heterocycles. The summed E-state index contributed by atoms with van der Waals surface area (Å²) in [6.45, 7) is 2.37. The van der Waals surface area contributed by atoms with Gasteiger partial charge in [-0.3, -0.25) is 4.79 Å². The van der Waals surface area contributed by atoms with Gasteiger partial charge >= 0.3 is 0 Å². The molecule has 1 saturated carbocycles. The Morgan fingerprint density at radius 1 is 1.60 bits per heavy atom. The van der Waals surface area contributed by atoms with Crippen LogP contribution in [0.3, 0.4) is 0 Å². The largest absolute Gasteiger partial charge is 0.388 e. The van der Waals surface area contributed by atoms with Crippen molar-refractivity contribution in [3.05, 3.63) is 28.0 Å². The summed E-state index contributed by atoms with van der Waals surface area (Å²) in [5.74, 6) is 0.181. The van der Waals surface area contributed by atoms with Gasteiger partial charge in [-0.25, -0.2) is 4.98 Å². The molecule has 1 heterocycles. The number of amides is 1. The lowest BCUT2D eigenvalue weighted by atomic mass is 9.79. The molecule has 110 valence electrons. The van der Waals surface area contributed by atoms with E-state index < -0.39 is 5.60 Å². The molecule has 1 aromatic rings. The predicted molar refractivity (Wildman–Crippen MR) is 79.2 cm³/mol. The number of nitrogens with one attached hydrogen (secondary N) is 1. The quantitative estimate of drug-likeness (QED) is 0.842. The van der Waals surface area contributed by atoms with Gasteiger partial charge in [0.2, 0.25) is 0 Å². The van der Waals surface area contributed by atoms with Gasteiger partial charge in [-0.1, -0.05) is 43.0 Å². The summed E-state index contributed by atoms with van der Waals surface area (Å²) >= 11 is 11.5. The van der Waals surface area contributed by atoms with Gasteiger partial charge in [0, 0.05) is 12.7 Å². The number of carbonyl (C=O) groups excluding carboxylic acids is 1. The second-order valence-electron chi connectivity index (χ2n) is 5.61. The maximum atomic E-state index is 12.0. The van der Waals surface area contributed by atoms with Crippen molar-refractivity contribution in [1.29, 1.82) is 0 Å². The number of hydrogen-bond acceptors (Lipinski definition) is 3. The van der Waals surface area contributed by atoms with Gasteiger partial charge in [0.15, 0.2) is 0 Å². The van der Waals surface area contributed by atoms with E-state index in [9.17, 15) is 9.90 Å². The Morgan fingerprint density at radius 2 is 2.35 bits per heavy atom. The monoisotopic (exact) mass is 316 g/mol. The standard InChI is InChI=1S/C14H18Cl2N2O2/c1-9-3-2-4-14(20,6-9)8-18-13(19)10-5-11(15)12(16)17-7-10/h5,7,9,20H,2-4,6,8H2,1H3,(H,18,19). The molecule has 20 heavy (non-hydrogen) atoms. The van der Waals surface area contributed by atoms with Crippen LogP contribution in [0.4, 0.5) is 0 Å². The molecule has 2 N–H and O–H groups in total. The Balaban J connectivity index is 1.96. The summed E-state index contributed by atoms with van der Waals surface area (Å²) < 4.78 is 0. The van der Waals surface area contributed by atoms with Crippen molar-refractivity contribution in [2.24, 2.45) is 5.92 Å². The molecular weight excluding hydrogens is 299 g/mol. The van der Waals surface area contributed by atoms with Crippen molar-refractivity contribution in [3.63, 3.8) is 0 Å². The number of nitrogens with zero attached hydrogens (tertiary/aromatic N) is 1. The highest BCUT2D eigenvalue weighted by atomic mass is 35.5. The first-order chi connectivity index (χ1) is 9.39. The predicted octanol–water partition coefficient (Wildman–Crippen LogP) is 3.06. The van der Waals surface area contributed by atoms with E-state index in [1.54, 1.807) is 0 Å². The van der Waals surface area contributed by atoms with Gasteiger partial charge in [0.25, 0.3) is 5.91 Å². The Hall–Kier alpha value is -0.840. The summed E-state index contributed by atoms with van der Waals surface area (Å²) in [7, 11) is 0. The minimum Gasteiger partial charge on any atom is -0.388 e. The first-order valence-electron chi connectivity index (χ1n) is 6.71. The van der Waals surface area contributed by atoms with E-state index in [1.165, 1.54) is 12.3 Å². The third-order valence-electron chi connectivity index (χ3n) is 3.70. The van der Waals surface area contributed by atoms with Gasteiger partial charge in [-0.05, 0) is 24.8 Å². The van der Waals surface area contributed by atoms with Crippen LogP contribution in [0.25, 0.3) is 0 Å². The van der Waals surface area contributed by atoms with Crippen molar-refractivity contribution in [1.82, 2.24) is 10.3 Å². The van der Waals surface area contributed by atoms with Crippen molar-refractivity contribution >= 4 is 29.1 Å². The van der Waals surface area contributed by atoms with Crippen LogP contribution >= 0.6 is 23.2 Å². The fourth-order valence-corrected chi connectivity index (χ4v) is 2.95. The molecule has 0 bridgehead atoms. The van der Waals surface area contributed by atoms with Crippen LogP contribution in [0.1, 0.15) is 43.0 Å². The molecule has 1 fully saturated rings. The molecule has 2 rings (SSSR count). The average molecular weight is 317 g/mol. The smallest absolute Gasteiger partial charge is 0.253 e. The van der Waals surface area contributed by atoms with Crippen molar-refractivity contribution in [2.45, 2.75) is 38.2 Å². The molecule has 1 aliphatic rings. The summed E-state index contributed by atoms with van der Waals surface area (Å²) in [5, 5.41) is 13.6. The zero-order valence-corrected chi connectivity index (χ0v) is 12.8. The van der Waals surface area contributed by atoms with E-state index in [4.69, 9.17) is 23.2 Å². The number of rotatable bonds is 3. The maximum Gasteiger partial charge on any atom is 0.253 e. The van der Waals surface area contributed by atoms with Crippen molar-refractivity contribution in [2.75, 3.05) is 6.54 Å². The highest BCUT2D eigenvalue weighted by Crippen LogP contribution is 2.31. The number of pyridine rings is 1. The van der Waals surface area contributed by atoms with Crippen molar-refractivity contribution in [3.8, 4) is 0 Å². The third-order valence-corrected chi connectivity index (χ3v) is 4.39. The normalized spacial score (nSPS) is 26.3. The fourth-order valence-electron chi connectivity index (χ4n) is 2.69. The van der Waals surface area contributed by atoms with Gasteiger partial charge < -0.3 is 10.4 Å². The highest BCUT2D eigenvalue weighted by Gasteiger charge is 2.32. The van der Waals surface area contributed by atoms with Crippen LogP contribution in [-0.2, 0) is 0 Å². The van der Waals surface area contributed by atoms with Gasteiger partial charge in [-0.2, -0.15) is 0 Å². The topological polar surface area (TPSA) is 62.2 Å². The van der Waals surface area contributed by atoms with E-state index in [1.807, 2.05) is 0 Å². The second kappa shape index (κ2) is 6.29. The Bertz CT molecular complexity index is 510. The zero-order valence-electron chi connectivity index (χ0n) is 11.3. The SMILES string of the molecule is CC1CCCC(O)(CNC(=O)c2cnc(Cl)c(Cl)c2)C1. The summed E-state index contributed by atoms with van der Waals surface area (Å²) in [6.07, 6.45) is 4.93. The van der Waals surface area contributed by atoms with Crippen LogP contribution in [0.2, 0.25) is 10.2 Å². The first-order valence-corrected chi connectivity index (χ1v) is 7.47. The average Bonchev–Trinajstić information content (AvgIpc) is 2.39. The number of carbonyl (C=O) groups is 1. The van der Waals surface area contributed by atoms with Gasteiger partial charge in [0.05, 0.1) is 16.2 Å². The van der Waals surface area contributed by atoms with Crippen LogP contribution in [-0.4, -0.2) is 28.1 Å². The molecule has 0 spiro atoms. The van der Waals surface area contributed by atoms with Gasteiger partial charge in [-0.15, -0.1) is 0 Å². The highest BCUT2D eigenvalue weighted by molar-refractivity contribution is 6.41. The molecule has 2 unspecified atom stereocenters. The van der Waals surface area contributed by atoms with Gasteiger partial charge in [0.1, 0.15) is 5.15 Å². The molecule has 0 aromatic carbocycles. The number of aliphatic hydroxyl groups is 1. The molecule has 1 amide bonds. The molecular formula is C14H18Cl2N2O2. The van der Waals surface area contributed by atoms with E-state index >= 15 is 0 Å². The lowest BCUT2D eigenvalue weighted by Crippen LogP contribution is -2.45. The zero-order chi connectivity index (χ0) is 14.8. The van der Waals surface area contributed by atoms with E-state index in [0.717, 1.165) is 19.3 Å². The molecule has 4 nitrogen and oxygen atoms in total. The molecule has 1 aliphatic carbocycles. The fraction of sp³-hybridized carbons (Fsp3) is 0.571. The Morgan fingerprint density at radius 3 is 3.00 bits per heavy atom. The summed E-state index contributed by atoms with van der Waals surface area (Å²) in [6, 6.07) is 1.47. The lowest BCUT2D eigenvalue weighted by molar-refractivity contribution is -0.0109. The molecule has 1 aromatic heterocycles. The minimum absolute atomic E-state index is 0.169. The Kier molecular flexibility index (Phi) is 4.89. The Labute approximate surface area is 128 Å². The van der Waals surface area contributed by atoms with E-state index in [2.05, 4.69) is 17.2 Å². The molecule has 0 aliphatic heterocycles. The first kappa shape index (κ1) is 15.5. The maximum absolute atomic E-state index is 12.0. The molecule has 2 atom stereocenters.